The van der Waals surface area contributed by atoms with Crippen molar-refractivity contribution in [3.63, 3.8) is 0 Å². The molecule has 1 atom stereocenters. The van der Waals surface area contributed by atoms with Gasteiger partial charge in [0.1, 0.15) is 17.7 Å². The van der Waals surface area contributed by atoms with Crippen LogP contribution in [0.5, 0.6) is 0 Å². The molecule has 0 radical (unpaired) electrons. The van der Waals surface area contributed by atoms with Crippen molar-refractivity contribution in [1.82, 2.24) is 5.32 Å². The van der Waals surface area contributed by atoms with Crippen LogP contribution in [0, 0.1) is 11.6 Å². The number of esters is 1. The van der Waals surface area contributed by atoms with Crippen LogP contribution in [-0.2, 0) is 9.53 Å². The molecular weight excluding hydrogens is 288 g/mol. The summed E-state index contributed by atoms with van der Waals surface area (Å²) in [5.74, 6) is -2.38. The van der Waals surface area contributed by atoms with Crippen molar-refractivity contribution in [2.24, 2.45) is 0 Å². The summed E-state index contributed by atoms with van der Waals surface area (Å²) in [6.07, 6.45) is 2.23. The van der Waals surface area contributed by atoms with Gasteiger partial charge >= 0.3 is 5.97 Å². The highest BCUT2D eigenvalue weighted by atomic mass is 32.2. The van der Waals surface area contributed by atoms with Gasteiger partial charge in [0.05, 0.1) is 7.11 Å². The Kier molecular flexibility index (Phi) is 6.44. The molecule has 0 unspecified atom stereocenters. The van der Waals surface area contributed by atoms with E-state index >= 15 is 0 Å². The predicted molar refractivity (Wildman–Crippen MR) is 72.6 cm³/mol. The third-order valence-corrected chi connectivity index (χ3v) is 3.17. The van der Waals surface area contributed by atoms with E-state index in [2.05, 4.69) is 10.1 Å². The standard InChI is InChI=1S/C13H15F2NO3S/c1-19-13(18)11(3-4-20-2)16-12(17)8-5-9(14)7-10(15)6-8/h5-7,11H,3-4H2,1-2H3,(H,16,17)/t11-/m0/s1. The van der Waals surface area contributed by atoms with Gasteiger partial charge in [-0.1, -0.05) is 0 Å². The molecule has 0 saturated heterocycles. The highest BCUT2D eigenvalue weighted by Crippen LogP contribution is 2.09. The molecule has 0 fully saturated rings. The summed E-state index contributed by atoms with van der Waals surface area (Å²) in [6, 6.07) is 1.64. The molecule has 1 aromatic carbocycles. The van der Waals surface area contributed by atoms with E-state index < -0.39 is 29.6 Å². The van der Waals surface area contributed by atoms with E-state index in [0.29, 0.717) is 18.2 Å². The van der Waals surface area contributed by atoms with Crippen molar-refractivity contribution in [2.45, 2.75) is 12.5 Å². The van der Waals surface area contributed by atoms with Crippen LogP contribution in [0.4, 0.5) is 8.78 Å². The summed E-state index contributed by atoms with van der Waals surface area (Å²) in [6.45, 7) is 0. The molecular formula is C13H15F2NO3S. The number of carbonyl (C=O) groups excluding carboxylic acids is 2. The van der Waals surface area contributed by atoms with Gasteiger partial charge < -0.3 is 10.1 Å². The van der Waals surface area contributed by atoms with Gasteiger partial charge in [0.2, 0.25) is 0 Å². The normalized spacial score (nSPS) is 11.8. The van der Waals surface area contributed by atoms with E-state index in [1.54, 1.807) is 0 Å². The zero-order chi connectivity index (χ0) is 15.1. The molecule has 4 nitrogen and oxygen atoms in total. The Bertz CT molecular complexity index is 476. The van der Waals surface area contributed by atoms with Gasteiger partial charge in [-0.05, 0) is 30.6 Å². The van der Waals surface area contributed by atoms with Crippen LogP contribution in [0.2, 0.25) is 0 Å². The van der Waals surface area contributed by atoms with E-state index in [4.69, 9.17) is 0 Å². The third kappa shape index (κ3) is 4.80. The van der Waals surface area contributed by atoms with Gasteiger partial charge in [0.15, 0.2) is 0 Å². The van der Waals surface area contributed by atoms with Crippen LogP contribution in [0.1, 0.15) is 16.8 Å². The first-order valence-electron chi connectivity index (χ1n) is 5.81. The monoisotopic (exact) mass is 303 g/mol. The van der Waals surface area contributed by atoms with Crippen molar-refractivity contribution in [1.29, 1.82) is 0 Å². The Balaban J connectivity index is 2.81. The highest BCUT2D eigenvalue weighted by Gasteiger charge is 2.22. The lowest BCUT2D eigenvalue weighted by Gasteiger charge is -2.16. The lowest BCUT2D eigenvalue weighted by atomic mass is 10.1. The van der Waals surface area contributed by atoms with Crippen molar-refractivity contribution in [2.75, 3.05) is 19.1 Å². The SMILES string of the molecule is COC(=O)[C@H](CCSC)NC(=O)c1cc(F)cc(F)c1. The molecule has 0 bridgehead atoms. The minimum Gasteiger partial charge on any atom is -0.467 e. The summed E-state index contributed by atoms with van der Waals surface area (Å²) in [7, 11) is 1.21. The highest BCUT2D eigenvalue weighted by molar-refractivity contribution is 7.98. The maximum Gasteiger partial charge on any atom is 0.328 e. The second-order valence-corrected chi connectivity index (χ2v) is 4.97. The molecule has 0 heterocycles. The zero-order valence-corrected chi connectivity index (χ0v) is 11.9. The molecule has 1 amide bonds. The van der Waals surface area contributed by atoms with E-state index in [1.165, 1.54) is 18.9 Å². The number of amides is 1. The van der Waals surface area contributed by atoms with Gasteiger partial charge in [0.25, 0.3) is 5.91 Å². The maximum atomic E-state index is 13.0. The lowest BCUT2D eigenvalue weighted by molar-refractivity contribution is -0.142. The Labute approximate surface area is 119 Å². The van der Waals surface area contributed by atoms with Crippen molar-refractivity contribution >= 4 is 23.6 Å². The van der Waals surface area contributed by atoms with Crippen molar-refractivity contribution in [3.05, 3.63) is 35.4 Å². The van der Waals surface area contributed by atoms with Crippen molar-refractivity contribution in [3.8, 4) is 0 Å². The molecule has 0 saturated carbocycles. The number of halogens is 2. The van der Waals surface area contributed by atoms with Crippen LogP contribution in [0.3, 0.4) is 0 Å². The molecule has 1 N–H and O–H groups in total. The second-order valence-electron chi connectivity index (χ2n) is 3.99. The smallest absolute Gasteiger partial charge is 0.328 e. The molecule has 1 rings (SSSR count). The molecule has 0 aliphatic rings. The molecule has 0 aromatic heterocycles. The quantitative estimate of drug-likeness (QED) is 0.817. The van der Waals surface area contributed by atoms with Crippen LogP contribution in [0.25, 0.3) is 0 Å². The minimum absolute atomic E-state index is 0.180. The Morgan fingerprint density at radius 2 is 1.90 bits per heavy atom. The summed E-state index contributed by atoms with van der Waals surface area (Å²) >= 11 is 1.51. The van der Waals surface area contributed by atoms with E-state index in [0.717, 1.165) is 12.1 Å². The van der Waals surface area contributed by atoms with Crippen LogP contribution in [-0.4, -0.2) is 37.0 Å². The summed E-state index contributed by atoms with van der Waals surface area (Å²) < 4.78 is 30.7. The van der Waals surface area contributed by atoms with Gasteiger partial charge in [-0.15, -0.1) is 0 Å². The van der Waals surface area contributed by atoms with E-state index in [9.17, 15) is 18.4 Å². The largest absolute Gasteiger partial charge is 0.467 e. The lowest BCUT2D eigenvalue weighted by Crippen LogP contribution is -2.42. The van der Waals surface area contributed by atoms with Gasteiger partial charge in [-0.3, -0.25) is 4.79 Å². The Morgan fingerprint density at radius 1 is 1.30 bits per heavy atom. The fourth-order valence-corrected chi connectivity index (χ4v) is 2.02. The Morgan fingerprint density at radius 3 is 2.40 bits per heavy atom. The molecule has 0 aliphatic carbocycles. The predicted octanol–water partition coefficient (Wildman–Crippen LogP) is 1.99. The zero-order valence-electron chi connectivity index (χ0n) is 11.1. The number of carbonyl (C=O) groups is 2. The fourth-order valence-electron chi connectivity index (χ4n) is 1.55. The first-order valence-corrected chi connectivity index (χ1v) is 7.21. The summed E-state index contributed by atoms with van der Waals surface area (Å²) in [5.41, 5.74) is -0.180. The first-order chi connectivity index (χ1) is 9.47. The summed E-state index contributed by atoms with van der Waals surface area (Å²) in [4.78, 5) is 23.4. The second kappa shape index (κ2) is 7.84. The van der Waals surface area contributed by atoms with Crippen LogP contribution < -0.4 is 5.32 Å². The number of methoxy groups -OCH3 is 1. The average molecular weight is 303 g/mol. The molecule has 110 valence electrons. The molecule has 0 aliphatic heterocycles. The topological polar surface area (TPSA) is 55.4 Å². The minimum atomic E-state index is -0.853. The van der Waals surface area contributed by atoms with Crippen LogP contribution in [0.15, 0.2) is 18.2 Å². The number of ether oxygens (including phenoxy) is 1. The number of hydrogen-bond acceptors (Lipinski definition) is 4. The Hall–Kier alpha value is -1.63. The molecule has 0 spiro atoms. The molecule has 20 heavy (non-hydrogen) atoms. The number of nitrogens with one attached hydrogen (secondary N) is 1. The number of benzene rings is 1. The number of hydrogen-bond donors (Lipinski definition) is 1. The fraction of sp³-hybridized carbons (Fsp3) is 0.385. The van der Waals surface area contributed by atoms with Gasteiger partial charge in [-0.25, -0.2) is 13.6 Å². The van der Waals surface area contributed by atoms with Crippen molar-refractivity contribution < 1.29 is 23.1 Å². The first kappa shape index (κ1) is 16.4. The average Bonchev–Trinajstić information content (AvgIpc) is 2.41. The van der Waals surface area contributed by atoms with E-state index in [1.807, 2.05) is 6.26 Å². The molecule has 7 heteroatoms. The summed E-state index contributed by atoms with van der Waals surface area (Å²) in [5, 5.41) is 2.41. The number of rotatable bonds is 6. The number of thioether (sulfide) groups is 1. The third-order valence-electron chi connectivity index (χ3n) is 2.53. The van der Waals surface area contributed by atoms with Crippen LogP contribution >= 0.6 is 11.8 Å². The maximum absolute atomic E-state index is 13.0. The molecule has 1 aromatic rings. The van der Waals surface area contributed by atoms with Gasteiger partial charge in [-0.2, -0.15) is 11.8 Å². The van der Waals surface area contributed by atoms with Gasteiger partial charge in [0, 0.05) is 11.6 Å². The van der Waals surface area contributed by atoms with E-state index in [-0.39, 0.29) is 5.56 Å².